The molecule has 0 aliphatic rings. The maximum absolute atomic E-state index is 14.0. The molecule has 0 saturated heterocycles. The van der Waals surface area contributed by atoms with Crippen LogP contribution in [0.5, 0.6) is 0 Å². The van der Waals surface area contributed by atoms with Gasteiger partial charge in [-0.1, -0.05) is 30.1 Å². The first kappa shape index (κ1) is 16.2. The molecule has 1 nitrogen and oxygen atoms in total. The van der Waals surface area contributed by atoms with Crippen LogP contribution in [0.1, 0.15) is 24.1 Å². The molecule has 0 aliphatic heterocycles. The molecular formula is C16H15Cl2F2N. The van der Waals surface area contributed by atoms with Gasteiger partial charge >= 0.3 is 0 Å². The highest BCUT2D eigenvalue weighted by Crippen LogP contribution is 2.27. The monoisotopic (exact) mass is 329 g/mol. The fourth-order valence-electron chi connectivity index (χ4n) is 2.24. The van der Waals surface area contributed by atoms with Gasteiger partial charge in [0.15, 0.2) is 0 Å². The summed E-state index contributed by atoms with van der Waals surface area (Å²) in [4.78, 5) is 0. The smallest absolute Gasteiger partial charge is 0.128 e. The molecular weight excluding hydrogens is 315 g/mol. The summed E-state index contributed by atoms with van der Waals surface area (Å²) in [6, 6.07) is 8.26. The van der Waals surface area contributed by atoms with Gasteiger partial charge in [0, 0.05) is 21.7 Å². The minimum Gasteiger partial charge on any atom is -0.310 e. The Bertz CT molecular complexity index is 632. The molecule has 0 bridgehead atoms. The van der Waals surface area contributed by atoms with Gasteiger partial charge in [-0.3, -0.25) is 0 Å². The molecule has 0 aliphatic carbocycles. The van der Waals surface area contributed by atoms with Crippen LogP contribution in [0.4, 0.5) is 8.78 Å². The molecule has 1 unspecified atom stereocenters. The van der Waals surface area contributed by atoms with Crippen LogP contribution in [0.25, 0.3) is 0 Å². The van der Waals surface area contributed by atoms with E-state index < -0.39 is 0 Å². The molecule has 5 heteroatoms. The lowest BCUT2D eigenvalue weighted by atomic mass is 9.98. The van der Waals surface area contributed by atoms with Crippen LogP contribution < -0.4 is 5.32 Å². The molecule has 2 rings (SSSR count). The average Bonchev–Trinajstić information content (AvgIpc) is 2.45. The molecule has 21 heavy (non-hydrogen) atoms. The zero-order valence-electron chi connectivity index (χ0n) is 11.5. The van der Waals surface area contributed by atoms with E-state index in [0.717, 1.165) is 0 Å². The van der Waals surface area contributed by atoms with Crippen molar-refractivity contribution in [2.24, 2.45) is 0 Å². The molecule has 0 saturated carbocycles. The van der Waals surface area contributed by atoms with E-state index >= 15 is 0 Å². The van der Waals surface area contributed by atoms with Crippen molar-refractivity contribution >= 4 is 23.2 Å². The van der Waals surface area contributed by atoms with Crippen molar-refractivity contribution < 1.29 is 8.78 Å². The molecule has 0 radical (unpaired) electrons. The second-order valence-electron chi connectivity index (χ2n) is 4.72. The summed E-state index contributed by atoms with van der Waals surface area (Å²) >= 11 is 12.0. The van der Waals surface area contributed by atoms with E-state index in [4.69, 9.17) is 23.2 Å². The van der Waals surface area contributed by atoms with Crippen LogP contribution >= 0.6 is 23.2 Å². The molecule has 0 amide bonds. The third-order valence-electron chi connectivity index (χ3n) is 3.22. The van der Waals surface area contributed by atoms with E-state index in [-0.39, 0.29) is 17.7 Å². The standard InChI is InChI=1S/C16H15Cl2F2N/c1-2-21-16(13-9-11(17)3-6-15(13)20)8-10-7-12(19)4-5-14(10)18/h3-7,9,16,21H,2,8H2,1H3. The average molecular weight is 330 g/mol. The second-order valence-corrected chi connectivity index (χ2v) is 5.56. The van der Waals surface area contributed by atoms with Gasteiger partial charge in [-0.15, -0.1) is 0 Å². The van der Waals surface area contributed by atoms with Crippen molar-refractivity contribution in [2.75, 3.05) is 6.54 Å². The zero-order chi connectivity index (χ0) is 15.4. The predicted octanol–water partition coefficient (Wildman–Crippen LogP) is 5.16. The highest BCUT2D eigenvalue weighted by Gasteiger charge is 2.17. The Morgan fingerprint density at radius 3 is 2.57 bits per heavy atom. The highest BCUT2D eigenvalue weighted by molar-refractivity contribution is 6.31. The largest absolute Gasteiger partial charge is 0.310 e. The van der Waals surface area contributed by atoms with Crippen molar-refractivity contribution in [3.8, 4) is 0 Å². The van der Waals surface area contributed by atoms with E-state index in [0.29, 0.717) is 34.1 Å². The Hall–Kier alpha value is -1.16. The molecule has 1 atom stereocenters. The van der Waals surface area contributed by atoms with Gasteiger partial charge in [0.05, 0.1) is 0 Å². The molecule has 2 aromatic carbocycles. The predicted molar refractivity (Wildman–Crippen MR) is 82.9 cm³/mol. The number of nitrogens with one attached hydrogen (secondary N) is 1. The van der Waals surface area contributed by atoms with E-state index in [9.17, 15) is 8.78 Å². The van der Waals surface area contributed by atoms with Crippen LogP contribution in [0.2, 0.25) is 10.0 Å². The maximum Gasteiger partial charge on any atom is 0.128 e. The third kappa shape index (κ3) is 4.16. The molecule has 0 fully saturated rings. The minimum absolute atomic E-state index is 0.326. The van der Waals surface area contributed by atoms with Crippen molar-refractivity contribution in [2.45, 2.75) is 19.4 Å². The van der Waals surface area contributed by atoms with Gasteiger partial charge in [0.25, 0.3) is 0 Å². The van der Waals surface area contributed by atoms with Crippen molar-refractivity contribution in [1.82, 2.24) is 5.32 Å². The van der Waals surface area contributed by atoms with Crippen LogP contribution in [-0.2, 0) is 6.42 Å². The fraction of sp³-hybridized carbons (Fsp3) is 0.250. The third-order valence-corrected chi connectivity index (χ3v) is 3.82. The van der Waals surface area contributed by atoms with E-state index in [1.165, 1.54) is 30.3 Å². The van der Waals surface area contributed by atoms with E-state index in [1.807, 2.05) is 6.92 Å². The summed E-state index contributed by atoms with van der Waals surface area (Å²) in [6.07, 6.45) is 0.377. The summed E-state index contributed by atoms with van der Waals surface area (Å²) in [7, 11) is 0. The highest BCUT2D eigenvalue weighted by atomic mass is 35.5. The Morgan fingerprint density at radius 2 is 1.86 bits per heavy atom. The Morgan fingerprint density at radius 1 is 1.10 bits per heavy atom. The molecule has 0 spiro atoms. The number of hydrogen-bond donors (Lipinski definition) is 1. The van der Waals surface area contributed by atoms with Gasteiger partial charge in [0.2, 0.25) is 0 Å². The Labute approximate surface area is 132 Å². The minimum atomic E-state index is -0.365. The molecule has 0 aromatic heterocycles. The second kappa shape index (κ2) is 7.21. The van der Waals surface area contributed by atoms with Gasteiger partial charge in [0.1, 0.15) is 11.6 Å². The molecule has 112 valence electrons. The lowest BCUT2D eigenvalue weighted by Crippen LogP contribution is -2.24. The summed E-state index contributed by atoms with van der Waals surface area (Å²) in [5.41, 5.74) is 1.08. The zero-order valence-corrected chi connectivity index (χ0v) is 13.0. The fourth-order valence-corrected chi connectivity index (χ4v) is 2.62. The van der Waals surface area contributed by atoms with Crippen LogP contribution in [0.15, 0.2) is 36.4 Å². The van der Waals surface area contributed by atoms with Crippen molar-refractivity contribution in [1.29, 1.82) is 0 Å². The first-order valence-electron chi connectivity index (χ1n) is 6.63. The number of rotatable bonds is 5. The van der Waals surface area contributed by atoms with Gasteiger partial charge in [-0.2, -0.15) is 0 Å². The summed E-state index contributed by atoms with van der Waals surface area (Å²) < 4.78 is 27.4. The quantitative estimate of drug-likeness (QED) is 0.798. The first-order valence-corrected chi connectivity index (χ1v) is 7.39. The van der Waals surface area contributed by atoms with E-state index in [1.54, 1.807) is 6.07 Å². The van der Waals surface area contributed by atoms with Crippen molar-refractivity contribution in [3.05, 3.63) is 69.2 Å². The van der Waals surface area contributed by atoms with E-state index in [2.05, 4.69) is 5.32 Å². The van der Waals surface area contributed by atoms with Crippen molar-refractivity contribution in [3.63, 3.8) is 0 Å². The SMILES string of the molecule is CCNC(Cc1cc(F)ccc1Cl)c1cc(Cl)ccc1F. The Kier molecular flexibility index (Phi) is 5.57. The summed E-state index contributed by atoms with van der Waals surface area (Å²) in [5, 5.41) is 4.10. The first-order chi connectivity index (χ1) is 10.0. The van der Waals surface area contributed by atoms with Crippen LogP contribution in [-0.4, -0.2) is 6.54 Å². The van der Waals surface area contributed by atoms with Gasteiger partial charge < -0.3 is 5.32 Å². The number of likely N-dealkylation sites (N-methyl/N-ethyl adjacent to an activating group) is 1. The normalized spacial score (nSPS) is 12.4. The summed E-state index contributed by atoms with van der Waals surface area (Å²) in [6.45, 7) is 2.56. The van der Waals surface area contributed by atoms with Crippen LogP contribution in [0, 0.1) is 11.6 Å². The van der Waals surface area contributed by atoms with Gasteiger partial charge in [-0.25, -0.2) is 8.78 Å². The maximum atomic E-state index is 14.0. The van der Waals surface area contributed by atoms with Crippen LogP contribution in [0.3, 0.4) is 0 Å². The Balaban J connectivity index is 2.35. The number of benzene rings is 2. The number of hydrogen-bond acceptors (Lipinski definition) is 1. The summed E-state index contributed by atoms with van der Waals surface area (Å²) in [5.74, 6) is -0.714. The molecule has 2 aromatic rings. The lowest BCUT2D eigenvalue weighted by Gasteiger charge is -2.20. The topological polar surface area (TPSA) is 12.0 Å². The lowest BCUT2D eigenvalue weighted by molar-refractivity contribution is 0.509. The number of halogens is 4. The molecule has 1 N–H and O–H groups in total. The van der Waals surface area contributed by atoms with Gasteiger partial charge in [-0.05, 0) is 54.9 Å². The molecule has 0 heterocycles.